The van der Waals surface area contributed by atoms with Crippen LogP contribution in [0, 0.1) is 13.8 Å². The number of hydrogen-bond acceptors (Lipinski definition) is 5. The van der Waals surface area contributed by atoms with E-state index in [0.29, 0.717) is 11.6 Å². The molecule has 2 aromatic heterocycles. The van der Waals surface area contributed by atoms with E-state index in [-0.39, 0.29) is 5.91 Å². The van der Waals surface area contributed by atoms with E-state index in [4.69, 9.17) is 0 Å². The monoisotopic (exact) mass is 309 g/mol. The van der Waals surface area contributed by atoms with Gasteiger partial charge in [-0.2, -0.15) is 0 Å². The van der Waals surface area contributed by atoms with Crippen molar-refractivity contribution >= 4 is 33.7 Å². The summed E-state index contributed by atoms with van der Waals surface area (Å²) in [6.07, 6.45) is 3.20. The molecule has 2 aromatic rings. The first-order chi connectivity index (χ1) is 9.58. The summed E-state index contributed by atoms with van der Waals surface area (Å²) in [7, 11) is 0. The van der Waals surface area contributed by atoms with Crippen molar-refractivity contribution in [2.75, 3.05) is 5.32 Å². The Balaban J connectivity index is 1.76. The van der Waals surface area contributed by atoms with Crippen LogP contribution in [-0.4, -0.2) is 16.1 Å². The first-order valence-electron chi connectivity index (χ1n) is 6.76. The zero-order chi connectivity index (χ0) is 14.5. The van der Waals surface area contributed by atoms with Crippen LogP contribution in [0.5, 0.6) is 0 Å². The van der Waals surface area contributed by atoms with Crippen molar-refractivity contribution < 1.29 is 4.79 Å². The molecule has 0 unspecified atom stereocenters. The van der Waals surface area contributed by atoms with Crippen LogP contribution >= 0.6 is 22.7 Å². The Morgan fingerprint density at radius 1 is 1.30 bits per heavy atom. The van der Waals surface area contributed by atoms with Crippen molar-refractivity contribution in [3.05, 3.63) is 26.4 Å². The molecule has 108 valence electrons. The van der Waals surface area contributed by atoms with Crippen LogP contribution in [0.2, 0.25) is 0 Å². The van der Waals surface area contributed by atoms with Crippen LogP contribution in [-0.2, 0) is 17.6 Å². The Morgan fingerprint density at radius 2 is 2.10 bits per heavy atom. The summed E-state index contributed by atoms with van der Waals surface area (Å²) < 4.78 is 0. The maximum Gasteiger partial charge on any atom is 0.226 e. The topological polar surface area (TPSA) is 54.9 Å². The van der Waals surface area contributed by atoms with Gasteiger partial charge >= 0.3 is 0 Å². The fourth-order valence-electron chi connectivity index (χ4n) is 2.00. The second-order valence-corrected chi connectivity index (χ2v) is 7.22. The molecule has 0 aliphatic carbocycles. The highest BCUT2D eigenvalue weighted by Gasteiger charge is 2.08. The Labute approximate surface area is 127 Å². The first kappa shape index (κ1) is 15.1. The van der Waals surface area contributed by atoms with Gasteiger partial charge in [-0.15, -0.1) is 21.5 Å². The molecule has 0 saturated heterocycles. The van der Waals surface area contributed by atoms with Gasteiger partial charge in [0.25, 0.3) is 0 Å². The number of nitrogens with zero attached hydrogens (tertiary/aromatic N) is 2. The van der Waals surface area contributed by atoms with E-state index in [9.17, 15) is 4.79 Å². The van der Waals surface area contributed by atoms with Gasteiger partial charge in [0.2, 0.25) is 11.0 Å². The van der Waals surface area contributed by atoms with Crippen LogP contribution < -0.4 is 5.32 Å². The van der Waals surface area contributed by atoms with E-state index in [1.807, 2.05) is 18.3 Å². The van der Waals surface area contributed by atoms with Gasteiger partial charge in [0, 0.05) is 16.2 Å². The van der Waals surface area contributed by atoms with Gasteiger partial charge in [-0.3, -0.25) is 4.79 Å². The van der Waals surface area contributed by atoms with Crippen molar-refractivity contribution in [1.82, 2.24) is 10.2 Å². The second kappa shape index (κ2) is 6.95. The Bertz CT molecular complexity index is 589. The summed E-state index contributed by atoms with van der Waals surface area (Å²) in [4.78, 5) is 14.5. The molecular formula is C14H19N3OS2. The molecule has 4 nitrogen and oxygen atoms in total. The van der Waals surface area contributed by atoms with Gasteiger partial charge in [-0.25, -0.2) is 0 Å². The maximum atomic E-state index is 11.8. The van der Waals surface area contributed by atoms with Crippen molar-refractivity contribution in [2.24, 2.45) is 0 Å². The molecule has 0 bridgehead atoms. The first-order valence-corrected chi connectivity index (χ1v) is 8.40. The van der Waals surface area contributed by atoms with Crippen molar-refractivity contribution in [3.8, 4) is 0 Å². The van der Waals surface area contributed by atoms with Crippen LogP contribution in [0.3, 0.4) is 0 Å². The molecule has 2 rings (SSSR count). The smallest absolute Gasteiger partial charge is 0.226 e. The van der Waals surface area contributed by atoms with E-state index in [0.717, 1.165) is 24.3 Å². The number of rotatable bonds is 6. The number of aromatic nitrogens is 2. The van der Waals surface area contributed by atoms with Gasteiger partial charge in [0.05, 0.1) is 0 Å². The highest BCUT2D eigenvalue weighted by atomic mass is 32.1. The molecular weight excluding hydrogens is 290 g/mol. The molecule has 0 atom stereocenters. The standard InChI is InChI=1S/C14H19N3OS2/c1-4-13-16-17-14(20-13)15-12(18)7-5-6-11-8-9(2)19-10(11)3/h8H,4-7H2,1-3H3,(H,15,17,18). The second-order valence-electron chi connectivity index (χ2n) is 4.69. The molecule has 0 saturated carbocycles. The third-order valence-electron chi connectivity index (χ3n) is 3.01. The lowest BCUT2D eigenvalue weighted by Crippen LogP contribution is -2.11. The zero-order valence-corrected chi connectivity index (χ0v) is 13.7. The van der Waals surface area contributed by atoms with Gasteiger partial charge < -0.3 is 5.32 Å². The van der Waals surface area contributed by atoms with E-state index in [1.54, 1.807) is 0 Å². The number of carbonyl (C=O) groups excluding carboxylic acids is 1. The lowest BCUT2D eigenvalue weighted by Gasteiger charge is -2.01. The third-order valence-corrected chi connectivity index (χ3v) is 5.00. The molecule has 0 spiro atoms. The normalized spacial score (nSPS) is 10.8. The fraction of sp³-hybridized carbons (Fsp3) is 0.500. The van der Waals surface area contributed by atoms with Crippen molar-refractivity contribution in [2.45, 2.75) is 46.5 Å². The number of nitrogens with one attached hydrogen (secondary N) is 1. The Morgan fingerprint density at radius 3 is 2.70 bits per heavy atom. The molecule has 6 heteroatoms. The lowest BCUT2D eigenvalue weighted by molar-refractivity contribution is -0.116. The largest absolute Gasteiger partial charge is 0.301 e. The fourth-order valence-corrected chi connectivity index (χ4v) is 3.67. The van der Waals surface area contributed by atoms with Crippen molar-refractivity contribution in [1.29, 1.82) is 0 Å². The molecule has 0 aromatic carbocycles. The number of anilines is 1. The number of hydrogen-bond donors (Lipinski definition) is 1. The van der Waals surface area contributed by atoms with E-state index in [2.05, 4.69) is 35.4 Å². The highest BCUT2D eigenvalue weighted by molar-refractivity contribution is 7.15. The van der Waals surface area contributed by atoms with Gasteiger partial charge in [0.1, 0.15) is 5.01 Å². The summed E-state index contributed by atoms with van der Waals surface area (Å²) >= 11 is 3.26. The van der Waals surface area contributed by atoms with Crippen LogP contribution in [0.25, 0.3) is 0 Å². The minimum absolute atomic E-state index is 0.0217. The summed E-state index contributed by atoms with van der Waals surface area (Å²) in [5.74, 6) is 0.0217. The van der Waals surface area contributed by atoms with Gasteiger partial charge in [-0.1, -0.05) is 18.3 Å². The van der Waals surface area contributed by atoms with Crippen LogP contribution in [0.15, 0.2) is 6.07 Å². The Kier molecular flexibility index (Phi) is 5.25. The Hall–Kier alpha value is -1.27. The zero-order valence-electron chi connectivity index (χ0n) is 12.0. The predicted molar refractivity (Wildman–Crippen MR) is 84.6 cm³/mol. The minimum atomic E-state index is 0.0217. The van der Waals surface area contributed by atoms with E-state index >= 15 is 0 Å². The summed E-state index contributed by atoms with van der Waals surface area (Å²) in [5, 5.41) is 12.3. The molecule has 1 N–H and O–H groups in total. The number of thiophene rings is 1. The molecule has 20 heavy (non-hydrogen) atoms. The molecule has 2 heterocycles. The molecule has 0 fully saturated rings. The SMILES string of the molecule is CCc1nnc(NC(=O)CCCc2cc(C)sc2C)s1. The quantitative estimate of drug-likeness (QED) is 0.884. The maximum absolute atomic E-state index is 11.8. The van der Waals surface area contributed by atoms with Crippen LogP contribution in [0.1, 0.15) is 40.1 Å². The average molecular weight is 309 g/mol. The summed E-state index contributed by atoms with van der Waals surface area (Å²) in [6.45, 7) is 6.28. The predicted octanol–water partition coefficient (Wildman–Crippen LogP) is 3.74. The molecule has 0 radical (unpaired) electrons. The minimum Gasteiger partial charge on any atom is -0.301 e. The number of amides is 1. The number of carbonyl (C=O) groups is 1. The van der Waals surface area contributed by atoms with Crippen molar-refractivity contribution in [3.63, 3.8) is 0 Å². The van der Waals surface area contributed by atoms with E-state index in [1.165, 1.54) is 26.7 Å². The molecule has 0 aliphatic heterocycles. The highest BCUT2D eigenvalue weighted by Crippen LogP contribution is 2.22. The lowest BCUT2D eigenvalue weighted by atomic mass is 10.1. The molecule has 0 aliphatic rings. The van der Waals surface area contributed by atoms with E-state index < -0.39 is 0 Å². The molecule has 1 amide bonds. The third kappa shape index (κ3) is 4.11. The average Bonchev–Trinajstić information content (AvgIpc) is 2.96. The summed E-state index contributed by atoms with van der Waals surface area (Å²) in [6, 6.07) is 2.22. The van der Waals surface area contributed by atoms with Crippen LogP contribution in [0.4, 0.5) is 5.13 Å². The number of aryl methyl sites for hydroxylation is 4. The summed E-state index contributed by atoms with van der Waals surface area (Å²) in [5.41, 5.74) is 1.37. The van der Waals surface area contributed by atoms with Gasteiger partial charge in [0.15, 0.2) is 0 Å². The van der Waals surface area contributed by atoms with Gasteiger partial charge in [-0.05, 0) is 44.7 Å².